The van der Waals surface area contributed by atoms with E-state index in [9.17, 15) is 19.3 Å². The van der Waals surface area contributed by atoms with Crippen LogP contribution in [0.15, 0.2) is 18.2 Å². The fraction of sp³-hybridized carbons (Fsp3) is 0.100. The van der Waals surface area contributed by atoms with E-state index < -0.39 is 22.3 Å². The van der Waals surface area contributed by atoms with Crippen LogP contribution in [0.4, 0.5) is 20.9 Å². The molecule has 0 radical (unpaired) electrons. The van der Waals surface area contributed by atoms with Crippen LogP contribution in [-0.4, -0.2) is 28.1 Å². The van der Waals surface area contributed by atoms with Crippen molar-refractivity contribution in [1.29, 1.82) is 0 Å². The highest BCUT2D eigenvalue weighted by Gasteiger charge is 2.16. The molecular formula is C10H8FN5O3S. The van der Waals surface area contributed by atoms with Crippen LogP contribution in [0.5, 0.6) is 0 Å². The van der Waals surface area contributed by atoms with Gasteiger partial charge in [0.15, 0.2) is 0 Å². The lowest BCUT2D eigenvalue weighted by molar-refractivity contribution is -0.387. The molecular weight excluding hydrogens is 289 g/mol. The number of benzene rings is 1. The number of nitro benzene ring substituents is 1. The Labute approximate surface area is 115 Å². The first-order valence-electron chi connectivity index (χ1n) is 5.28. The Balaban J connectivity index is 2.15. The standard InChI is InChI=1S/C10H8FN5O3S/c1-12-10-15-14-9(20-10)8(17)13-5-2-3-7(16(18)19)6(11)4-5/h2-4H,1H3,(H,12,15)(H,13,17). The minimum absolute atomic E-state index is 0.0908. The van der Waals surface area contributed by atoms with Crippen molar-refractivity contribution >= 4 is 33.8 Å². The van der Waals surface area contributed by atoms with Gasteiger partial charge in [-0.25, -0.2) is 0 Å². The highest BCUT2D eigenvalue weighted by Crippen LogP contribution is 2.22. The zero-order valence-electron chi connectivity index (χ0n) is 10.1. The maximum atomic E-state index is 13.4. The molecule has 0 bridgehead atoms. The van der Waals surface area contributed by atoms with E-state index >= 15 is 0 Å². The molecule has 8 nitrogen and oxygen atoms in total. The van der Waals surface area contributed by atoms with Gasteiger partial charge in [-0.3, -0.25) is 14.9 Å². The number of nitro groups is 1. The molecule has 0 aliphatic rings. The largest absolute Gasteiger partial charge is 0.363 e. The zero-order valence-corrected chi connectivity index (χ0v) is 10.9. The van der Waals surface area contributed by atoms with E-state index in [2.05, 4.69) is 20.8 Å². The third-order valence-corrected chi connectivity index (χ3v) is 3.17. The van der Waals surface area contributed by atoms with Gasteiger partial charge in [-0.05, 0) is 6.07 Å². The lowest BCUT2D eigenvalue weighted by Crippen LogP contribution is -2.11. The van der Waals surface area contributed by atoms with Crippen LogP contribution in [0.2, 0.25) is 0 Å². The van der Waals surface area contributed by atoms with Crippen molar-refractivity contribution in [2.75, 3.05) is 17.7 Å². The number of amides is 1. The van der Waals surface area contributed by atoms with Gasteiger partial charge in [0.05, 0.1) is 4.92 Å². The van der Waals surface area contributed by atoms with Crippen molar-refractivity contribution in [2.45, 2.75) is 0 Å². The molecule has 0 aliphatic heterocycles. The number of anilines is 2. The number of aromatic nitrogens is 2. The molecule has 0 spiro atoms. The van der Waals surface area contributed by atoms with Crippen molar-refractivity contribution < 1.29 is 14.1 Å². The number of nitrogens with one attached hydrogen (secondary N) is 2. The van der Waals surface area contributed by atoms with Crippen molar-refractivity contribution in [3.8, 4) is 0 Å². The van der Waals surface area contributed by atoms with Crippen LogP contribution >= 0.6 is 11.3 Å². The molecule has 1 amide bonds. The van der Waals surface area contributed by atoms with Crippen molar-refractivity contribution in [3.63, 3.8) is 0 Å². The average Bonchev–Trinajstić information content (AvgIpc) is 2.87. The van der Waals surface area contributed by atoms with E-state index in [4.69, 9.17) is 0 Å². The molecule has 0 saturated carbocycles. The molecule has 0 unspecified atom stereocenters. The predicted octanol–water partition coefficient (Wildman–Crippen LogP) is 1.88. The maximum Gasteiger partial charge on any atom is 0.304 e. The number of hydrogen-bond donors (Lipinski definition) is 2. The summed E-state index contributed by atoms with van der Waals surface area (Å²) in [4.78, 5) is 21.4. The quantitative estimate of drug-likeness (QED) is 0.658. The first-order valence-corrected chi connectivity index (χ1v) is 6.09. The lowest BCUT2D eigenvalue weighted by atomic mass is 10.2. The van der Waals surface area contributed by atoms with Gasteiger partial charge in [0.1, 0.15) is 0 Å². The van der Waals surface area contributed by atoms with Gasteiger partial charge in [-0.1, -0.05) is 11.3 Å². The molecule has 10 heteroatoms. The first-order chi connectivity index (χ1) is 9.51. The minimum atomic E-state index is -1.03. The molecule has 20 heavy (non-hydrogen) atoms. The number of halogens is 1. The zero-order chi connectivity index (χ0) is 14.7. The van der Waals surface area contributed by atoms with Gasteiger partial charge in [-0.2, -0.15) is 4.39 Å². The smallest absolute Gasteiger partial charge is 0.304 e. The number of carbonyl (C=O) groups excluding carboxylic acids is 1. The summed E-state index contributed by atoms with van der Waals surface area (Å²) in [5.74, 6) is -1.60. The molecule has 2 aromatic rings. The molecule has 1 heterocycles. The number of hydrogen-bond acceptors (Lipinski definition) is 7. The second kappa shape index (κ2) is 5.57. The van der Waals surface area contributed by atoms with Crippen molar-refractivity contribution in [3.05, 3.63) is 39.1 Å². The summed E-state index contributed by atoms with van der Waals surface area (Å²) < 4.78 is 13.4. The molecule has 1 aromatic carbocycles. The molecule has 104 valence electrons. The van der Waals surface area contributed by atoms with Gasteiger partial charge in [0, 0.05) is 24.9 Å². The molecule has 2 rings (SSSR count). The van der Waals surface area contributed by atoms with E-state index in [1.165, 1.54) is 6.07 Å². The summed E-state index contributed by atoms with van der Waals surface area (Å²) in [5.41, 5.74) is -0.560. The lowest BCUT2D eigenvalue weighted by Gasteiger charge is -2.02. The van der Waals surface area contributed by atoms with Crippen molar-refractivity contribution in [2.24, 2.45) is 0 Å². The summed E-state index contributed by atoms with van der Waals surface area (Å²) in [6.45, 7) is 0. The van der Waals surface area contributed by atoms with Crippen LogP contribution < -0.4 is 10.6 Å². The van der Waals surface area contributed by atoms with E-state index in [0.29, 0.717) is 5.13 Å². The molecule has 1 aromatic heterocycles. The van der Waals surface area contributed by atoms with E-state index in [1.807, 2.05) is 0 Å². The van der Waals surface area contributed by atoms with E-state index in [-0.39, 0.29) is 10.7 Å². The van der Waals surface area contributed by atoms with Crippen LogP contribution in [0.1, 0.15) is 9.80 Å². The Morgan fingerprint density at radius 1 is 1.45 bits per heavy atom. The van der Waals surface area contributed by atoms with Crippen molar-refractivity contribution in [1.82, 2.24) is 10.2 Å². The summed E-state index contributed by atoms with van der Waals surface area (Å²) in [7, 11) is 1.63. The van der Waals surface area contributed by atoms with Gasteiger partial charge in [0.2, 0.25) is 16.0 Å². The second-order valence-electron chi connectivity index (χ2n) is 3.54. The Morgan fingerprint density at radius 2 is 2.20 bits per heavy atom. The van der Waals surface area contributed by atoms with Crippen LogP contribution in [0, 0.1) is 15.9 Å². The summed E-state index contributed by atoms with van der Waals surface area (Å²) in [6.07, 6.45) is 0. The van der Waals surface area contributed by atoms with Crippen LogP contribution in [-0.2, 0) is 0 Å². The Kier molecular flexibility index (Phi) is 3.84. The summed E-state index contributed by atoms with van der Waals surface area (Å²) in [5, 5.41) is 23.5. The van der Waals surface area contributed by atoms with E-state index in [1.54, 1.807) is 7.05 Å². The topological polar surface area (TPSA) is 110 Å². The number of rotatable bonds is 4. The average molecular weight is 297 g/mol. The molecule has 0 aliphatic carbocycles. The predicted molar refractivity (Wildman–Crippen MR) is 70.5 cm³/mol. The van der Waals surface area contributed by atoms with Crippen LogP contribution in [0.25, 0.3) is 0 Å². The SMILES string of the molecule is CNc1nnc(C(=O)Nc2ccc([N+](=O)[O-])c(F)c2)s1. The third-order valence-electron chi connectivity index (χ3n) is 2.24. The monoisotopic (exact) mass is 297 g/mol. The molecule has 0 atom stereocenters. The molecule has 0 fully saturated rings. The minimum Gasteiger partial charge on any atom is -0.363 e. The molecule has 0 saturated heterocycles. The highest BCUT2D eigenvalue weighted by atomic mass is 32.1. The maximum absolute atomic E-state index is 13.4. The molecule has 2 N–H and O–H groups in total. The highest BCUT2D eigenvalue weighted by molar-refractivity contribution is 7.17. The summed E-state index contributed by atoms with van der Waals surface area (Å²) >= 11 is 1.03. The summed E-state index contributed by atoms with van der Waals surface area (Å²) in [6, 6.07) is 3.08. The van der Waals surface area contributed by atoms with Gasteiger partial charge >= 0.3 is 5.69 Å². The van der Waals surface area contributed by atoms with Gasteiger partial charge in [0.25, 0.3) is 5.91 Å². The number of nitrogens with zero attached hydrogens (tertiary/aromatic N) is 3. The Hall–Kier alpha value is -2.62. The van der Waals surface area contributed by atoms with Gasteiger partial charge in [-0.15, -0.1) is 10.2 Å². The van der Waals surface area contributed by atoms with Crippen LogP contribution in [0.3, 0.4) is 0 Å². The Bertz CT molecular complexity index is 675. The van der Waals surface area contributed by atoms with E-state index in [0.717, 1.165) is 23.5 Å². The normalized spacial score (nSPS) is 10.1. The fourth-order valence-corrected chi connectivity index (χ4v) is 1.93. The fourth-order valence-electron chi connectivity index (χ4n) is 1.33. The van der Waals surface area contributed by atoms with Gasteiger partial charge < -0.3 is 10.6 Å². The second-order valence-corrected chi connectivity index (χ2v) is 4.52. The first kappa shape index (κ1) is 13.8. The third kappa shape index (κ3) is 2.85. The Morgan fingerprint density at radius 3 is 2.75 bits per heavy atom. The number of carbonyl (C=O) groups is 1.